The van der Waals surface area contributed by atoms with Crippen LogP contribution in [0.5, 0.6) is 0 Å². The first-order valence-corrected chi connectivity index (χ1v) is 16.2. The Hall–Kier alpha value is -5.38. The molecule has 2 bridgehead atoms. The van der Waals surface area contributed by atoms with Crippen LogP contribution in [-0.4, -0.2) is 9.97 Å². The van der Waals surface area contributed by atoms with E-state index in [1.165, 1.54) is 49.0 Å². The van der Waals surface area contributed by atoms with Crippen molar-refractivity contribution in [3.63, 3.8) is 0 Å². The van der Waals surface area contributed by atoms with Crippen molar-refractivity contribution in [2.75, 3.05) is 0 Å². The minimum Gasteiger partial charge on any atom is -0.231 e. The molecule has 0 fully saturated rings. The Kier molecular flexibility index (Phi) is 5.04. The van der Waals surface area contributed by atoms with E-state index in [-0.39, 0.29) is 0 Å². The Morgan fingerprint density at radius 1 is 0.422 bits per heavy atom. The van der Waals surface area contributed by atoms with Crippen molar-refractivity contribution in [2.24, 2.45) is 0 Å². The van der Waals surface area contributed by atoms with E-state index in [4.69, 9.17) is 9.97 Å². The molecule has 6 aromatic carbocycles. The Bertz CT molecular complexity index is 2320. The monoisotopic (exact) mass is 590 g/mol. The standard InChI is InChI=1S/C42H26N2S/c1-3-15-27(16-4-1)39-43-38(37-29-19-7-14-26-36(29)45-40(37)44-39)42-33-23-11-8-20-30(33)41(28-17-5-2-6-18-28,31-21-9-12-24-34(31)42)32-22-10-13-25-35(32)42/h1-26H. The molecule has 8 aromatic rings. The van der Waals surface area contributed by atoms with Crippen LogP contribution in [0.3, 0.4) is 0 Å². The second-order valence-electron chi connectivity index (χ2n) is 12.0. The van der Waals surface area contributed by atoms with Gasteiger partial charge in [0, 0.05) is 21.0 Å². The van der Waals surface area contributed by atoms with Crippen LogP contribution < -0.4 is 0 Å². The highest BCUT2D eigenvalue weighted by Crippen LogP contribution is 2.66. The van der Waals surface area contributed by atoms with Gasteiger partial charge in [-0.2, -0.15) is 0 Å². The summed E-state index contributed by atoms with van der Waals surface area (Å²) < 4.78 is 1.23. The maximum Gasteiger partial charge on any atom is 0.161 e. The number of hydrogen-bond acceptors (Lipinski definition) is 3. The number of fused-ring (bicyclic) bond motifs is 3. The fourth-order valence-electron chi connectivity index (χ4n) is 8.43. The molecule has 0 amide bonds. The summed E-state index contributed by atoms with van der Waals surface area (Å²) >= 11 is 1.76. The molecule has 11 rings (SSSR count). The fourth-order valence-corrected chi connectivity index (χ4v) is 9.51. The average Bonchev–Trinajstić information content (AvgIpc) is 3.50. The number of benzene rings is 6. The Morgan fingerprint density at radius 3 is 1.47 bits per heavy atom. The van der Waals surface area contributed by atoms with Crippen molar-refractivity contribution < 1.29 is 0 Å². The molecule has 3 aliphatic rings. The smallest absolute Gasteiger partial charge is 0.161 e. The molecule has 0 spiro atoms. The molecule has 2 nitrogen and oxygen atoms in total. The van der Waals surface area contributed by atoms with Gasteiger partial charge in [0.25, 0.3) is 0 Å². The van der Waals surface area contributed by atoms with Gasteiger partial charge in [-0.05, 0) is 45.0 Å². The maximum absolute atomic E-state index is 5.67. The molecule has 0 saturated heterocycles. The lowest BCUT2D eigenvalue weighted by molar-refractivity contribution is 0.550. The van der Waals surface area contributed by atoms with E-state index in [0.29, 0.717) is 0 Å². The van der Waals surface area contributed by atoms with Gasteiger partial charge in [0.15, 0.2) is 5.82 Å². The van der Waals surface area contributed by atoms with Gasteiger partial charge in [0.05, 0.1) is 16.5 Å². The second-order valence-corrected chi connectivity index (χ2v) is 13.1. The van der Waals surface area contributed by atoms with E-state index in [1.807, 2.05) is 0 Å². The molecule has 0 saturated carbocycles. The summed E-state index contributed by atoms with van der Waals surface area (Å²) in [6.45, 7) is 0. The van der Waals surface area contributed by atoms with Crippen LogP contribution in [0.25, 0.3) is 31.7 Å². The Balaban J connectivity index is 1.46. The molecule has 45 heavy (non-hydrogen) atoms. The number of thiophene rings is 1. The maximum atomic E-state index is 5.67. The molecule has 0 radical (unpaired) electrons. The Labute approximate surface area is 265 Å². The van der Waals surface area contributed by atoms with E-state index in [2.05, 4.69) is 158 Å². The summed E-state index contributed by atoms with van der Waals surface area (Å²) in [5.74, 6) is 0.761. The molecule has 3 heteroatoms. The van der Waals surface area contributed by atoms with Gasteiger partial charge in [-0.3, -0.25) is 0 Å². The zero-order valence-corrected chi connectivity index (χ0v) is 25.1. The van der Waals surface area contributed by atoms with Crippen LogP contribution in [0.15, 0.2) is 158 Å². The summed E-state index contributed by atoms with van der Waals surface area (Å²) in [7, 11) is 0. The van der Waals surface area contributed by atoms with Crippen LogP contribution >= 0.6 is 11.3 Å². The molecular weight excluding hydrogens is 565 g/mol. The fraction of sp³-hybridized carbons (Fsp3) is 0.0476. The second kappa shape index (κ2) is 9.07. The summed E-state index contributed by atoms with van der Waals surface area (Å²) in [5.41, 5.74) is 10.1. The molecule has 0 atom stereocenters. The Morgan fingerprint density at radius 2 is 0.889 bits per heavy atom. The first-order chi connectivity index (χ1) is 22.3. The number of rotatable bonds is 3. The highest BCUT2D eigenvalue weighted by atomic mass is 32.1. The predicted molar refractivity (Wildman–Crippen MR) is 184 cm³/mol. The molecule has 0 unspecified atom stereocenters. The van der Waals surface area contributed by atoms with Crippen molar-refractivity contribution in [2.45, 2.75) is 10.8 Å². The average molecular weight is 591 g/mol. The van der Waals surface area contributed by atoms with Gasteiger partial charge in [-0.25, -0.2) is 9.97 Å². The first kappa shape index (κ1) is 25.0. The SMILES string of the molecule is c1ccc(-c2nc(C34c5ccccc5C(c5ccccc5)(c5ccccc53)c3ccccc34)c3c(n2)sc2ccccc23)cc1. The van der Waals surface area contributed by atoms with Gasteiger partial charge in [-0.15, -0.1) is 11.3 Å². The van der Waals surface area contributed by atoms with Crippen molar-refractivity contribution in [1.82, 2.24) is 9.97 Å². The third-order valence-corrected chi connectivity index (χ3v) is 11.1. The molecule has 2 heterocycles. The summed E-state index contributed by atoms with van der Waals surface area (Å²) in [6.07, 6.45) is 0. The minimum absolute atomic E-state index is 0.447. The zero-order valence-electron chi connectivity index (χ0n) is 24.3. The van der Waals surface area contributed by atoms with E-state index in [9.17, 15) is 0 Å². The van der Waals surface area contributed by atoms with Crippen LogP contribution in [0.1, 0.15) is 44.6 Å². The first-order valence-electron chi connectivity index (χ1n) is 15.4. The van der Waals surface area contributed by atoms with Gasteiger partial charge < -0.3 is 0 Å². The highest BCUT2D eigenvalue weighted by molar-refractivity contribution is 7.25. The van der Waals surface area contributed by atoms with Crippen LogP contribution in [0.2, 0.25) is 0 Å². The van der Waals surface area contributed by atoms with Gasteiger partial charge in [-0.1, -0.05) is 152 Å². The van der Waals surface area contributed by atoms with E-state index in [1.54, 1.807) is 11.3 Å². The van der Waals surface area contributed by atoms with Gasteiger partial charge in [0.2, 0.25) is 0 Å². The molecule has 2 aromatic heterocycles. The number of nitrogens with zero attached hydrogens (tertiary/aromatic N) is 2. The summed E-state index contributed by atoms with van der Waals surface area (Å²) in [5, 5.41) is 2.35. The van der Waals surface area contributed by atoms with Crippen molar-refractivity contribution >= 4 is 31.6 Å². The minimum atomic E-state index is -0.644. The summed E-state index contributed by atoms with van der Waals surface area (Å²) in [4.78, 5) is 11.9. The predicted octanol–water partition coefficient (Wildman–Crippen LogP) is 9.90. The third kappa shape index (κ3) is 3.04. The van der Waals surface area contributed by atoms with Gasteiger partial charge in [0.1, 0.15) is 4.83 Å². The summed E-state index contributed by atoms with van der Waals surface area (Å²) in [6, 6.07) is 57.5. The molecule has 0 N–H and O–H groups in total. The number of aromatic nitrogens is 2. The van der Waals surface area contributed by atoms with Crippen molar-refractivity contribution in [3.8, 4) is 11.4 Å². The van der Waals surface area contributed by atoms with E-state index in [0.717, 1.165) is 27.3 Å². The number of hydrogen-bond donors (Lipinski definition) is 0. The topological polar surface area (TPSA) is 25.8 Å². The normalized spacial score (nSPS) is 19.3. The lowest BCUT2D eigenvalue weighted by atomic mass is 9.44. The molecule has 210 valence electrons. The van der Waals surface area contributed by atoms with Crippen LogP contribution in [0.4, 0.5) is 0 Å². The molecule has 3 aliphatic carbocycles. The van der Waals surface area contributed by atoms with Crippen molar-refractivity contribution in [3.05, 3.63) is 202 Å². The van der Waals surface area contributed by atoms with Gasteiger partial charge >= 0.3 is 0 Å². The van der Waals surface area contributed by atoms with Crippen LogP contribution in [-0.2, 0) is 10.8 Å². The third-order valence-electron chi connectivity index (χ3n) is 10.0. The highest BCUT2D eigenvalue weighted by Gasteiger charge is 2.61. The van der Waals surface area contributed by atoms with E-state index < -0.39 is 10.8 Å². The van der Waals surface area contributed by atoms with Crippen molar-refractivity contribution in [1.29, 1.82) is 0 Å². The quantitative estimate of drug-likeness (QED) is 0.205. The van der Waals surface area contributed by atoms with Crippen LogP contribution in [0, 0.1) is 0 Å². The van der Waals surface area contributed by atoms with E-state index >= 15 is 0 Å². The lowest BCUT2D eigenvalue weighted by Gasteiger charge is -2.56. The molecular formula is C42H26N2S. The zero-order chi connectivity index (χ0) is 29.6. The molecule has 0 aliphatic heterocycles. The largest absolute Gasteiger partial charge is 0.231 e. The lowest BCUT2D eigenvalue weighted by Crippen LogP contribution is -2.52.